The minimum Gasteiger partial charge on any atom is -0.480 e. The van der Waals surface area contributed by atoms with Crippen LogP contribution in [0.5, 0.6) is 0 Å². The molecule has 0 spiro atoms. The first-order valence-electron chi connectivity index (χ1n) is 8.94. The summed E-state index contributed by atoms with van der Waals surface area (Å²) in [4.78, 5) is 13.4. The van der Waals surface area contributed by atoms with Crippen LogP contribution in [0.4, 0.5) is 0 Å². The fraction of sp³-hybridized carbons (Fsp3) is 0.632. The van der Waals surface area contributed by atoms with Gasteiger partial charge in [0.2, 0.25) is 0 Å². The second kappa shape index (κ2) is 7.64. The summed E-state index contributed by atoms with van der Waals surface area (Å²) in [5, 5.41) is 20.3. The predicted molar refractivity (Wildman–Crippen MR) is 91.2 cm³/mol. The number of benzene rings is 1. The van der Waals surface area contributed by atoms with Crippen LogP contribution >= 0.6 is 0 Å². The number of rotatable bonds is 6. The summed E-state index contributed by atoms with van der Waals surface area (Å²) < 4.78 is 5.61. The molecular formula is C19H27NO4. The second-order valence-electron chi connectivity index (χ2n) is 6.89. The minimum atomic E-state index is -0.826. The Labute approximate surface area is 143 Å². The van der Waals surface area contributed by atoms with Crippen molar-refractivity contribution in [3.8, 4) is 0 Å². The van der Waals surface area contributed by atoms with E-state index in [0.29, 0.717) is 26.1 Å². The highest BCUT2D eigenvalue weighted by Gasteiger charge is 2.39. The SMILES string of the molecule is CCO[C@@H]1C[C@@H](C(=O)O)N(CC(O)C2CCCc3ccccc32)C1. The van der Waals surface area contributed by atoms with Crippen LogP contribution in [0.25, 0.3) is 0 Å². The third-order valence-electron chi connectivity index (χ3n) is 5.35. The van der Waals surface area contributed by atoms with E-state index in [-0.39, 0.29) is 12.0 Å². The van der Waals surface area contributed by atoms with Crippen molar-refractivity contribution < 1.29 is 19.7 Å². The molecule has 0 aromatic heterocycles. The van der Waals surface area contributed by atoms with Crippen molar-refractivity contribution in [3.05, 3.63) is 35.4 Å². The van der Waals surface area contributed by atoms with Gasteiger partial charge in [0.1, 0.15) is 6.04 Å². The van der Waals surface area contributed by atoms with E-state index in [0.717, 1.165) is 19.3 Å². The maximum Gasteiger partial charge on any atom is 0.321 e. The van der Waals surface area contributed by atoms with Crippen molar-refractivity contribution in [2.75, 3.05) is 19.7 Å². The lowest BCUT2D eigenvalue weighted by Crippen LogP contribution is -2.43. The first-order valence-corrected chi connectivity index (χ1v) is 8.94. The Morgan fingerprint density at radius 1 is 1.42 bits per heavy atom. The van der Waals surface area contributed by atoms with Gasteiger partial charge in [-0.1, -0.05) is 24.3 Å². The largest absolute Gasteiger partial charge is 0.480 e. The Morgan fingerprint density at radius 2 is 2.21 bits per heavy atom. The molecule has 1 fully saturated rings. The molecule has 5 nitrogen and oxygen atoms in total. The summed E-state index contributed by atoms with van der Waals surface area (Å²) in [6.07, 6.45) is 2.99. The molecule has 3 rings (SSSR count). The third-order valence-corrected chi connectivity index (χ3v) is 5.35. The number of fused-ring (bicyclic) bond motifs is 1. The molecule has 1 aromatic rings. The van der Waals surface area contributed by atoms with E-state index >= 15 is 0 Å². The van der Waals surface area contributed by atoms with Crippen LogP contribution in [0, 0.1) is 0 Å². The van der Waals surface area contributed by atoms with Crippen LogP contribution in [0.2, 0.25) is 0 Å². The number of ether oxygens (including phenoxy) is 1. The monoisotopic (exact) mass is 333 g/mol. The Bertz CT molecular complexity index is 576. The van der Waals surface area contributed by atoms with E-state index in [1.807, 2.05) is 24.0 Å². The molecule has 0 saturated carbocycles. The summed E-state index contributed by atoms with van der Waals surface area (Å²) in [5.74, 6) is -0.732. The Morgan fingerprint density at radius 3 is 2.96 bits per heavy atom. The zero-order valence-corrected chi connectivity index (χ0v) is 14.2. The lowest BCUT2D eigenvalue weighted by atomic mass is 9.79. The summed E-state index contributed by atoms with van der Waals surface area (Å²) in [6.45, 7) is 3.48. The van der Waals surface area contributed by atoms with Gasteiger partial charge in [-0.2, -0.15) is 0 Å². The van der Waals surface area contributed by atoms with Crippen molar-refractivity contribution in [1.82, 2.24) is 4.90 Å². The zero-order chi connectivity index (χ0) is 17.1. The molecule has 1 aliphatic heterocycles. The average molecular weight is 333 g/mol. The lowest BCUT2D eigenvalue weighted by Gasteiger charge is -2.32. The molecule has 1 aromatic carbocycles. The van der Waals surface area contributed by atoms with Crippen LogP contribution < -0.4 is 0 Å². The minimum absolute atomic E-state index is 0.0538. The van der Waals surface area contributed by atoms with E-state index < -0.39 is 18.1 Å². The molecule has 1 aliphatic carbocycles. The van der Waals surface area contributed by atoms with Gasteiger partial charge in [0.25, 0.3) is 0 Å². The number of β-amino-alcohol motifs (C(OH)–C–C–N with tert-alkyl or cyclic N) is 1. The van der Waals surface area contributed by atoms with E-state index in [9.17, 15) is 15.0 Å². The van der Waals surface area contributed by atoms with Gasteiger partial charge < -0.3 is 14.9 Å². The molecule has 132 valence electrons. The number of aryl methyl sites for hydroxylation is 1. The number of carboxylic acids is 1. The highest BCUT2D eigenvalue weighted by molar-refractivity contribution is 5.74. The molecule has 0 radical (unpaired) electrons. The Kier molecular flexibility index (Phi) is 5.54. The number of aliphatic hydroxyl groups is 1. The van der Waals surface area contributed by atoms with Crippen LogP contribution in [0.15, 0.2) is 24.3 Å². The maximum absolute atomic E-state index is 11.5. The highest BCUT2D eigenvalue weighted by atomic mass is 16.5. The predicted octanol–water partition coefficient (Wildman–Crippen LogP) is 2.03. The summed E-state index contributed by atoms with van der Waals surface area (Å²) >= 11 is 0. The van der Waals surface area contributed by atoms with Crippen molar-refractivity contribution in [2.45, 2.75) is 56.8 Å². The van der Waals surface area contributed by atoms with Gasteiger partial charge in [-0.05, 0) is 37.3 Å². The molecule has 2 N–H and O–H groups in total. The highest BCUT2D eigenvalue weighted by Crippen LogP contribution is 2.35. The standard InChI is InChI=1S/C19H27NO4/c1-2-24-14-10-17(19(22)23)20(11-14)12-18(21)16-9-5-7-13-6-3-4-8-15(13)16/h3-4,6,8,14,16-18,21H,2,5,7,9-12H2,1H3,(H,22,23)/t14-,16?,17+,18?/m1/s1. The van der Waals surface area contributed by atoms with Crippen molar-refractivity contribution in [3.63, 3.8) is 0 Å². The van der Waals surface area contributed by atoms with Gasteiger partial charge >= 0.3 is 5.97 Å². The molecule has 1 heterocycles. The molecule has 2 aliphatic rings. The van der Waals surface area contributed by atoms with Crippen molar-refractivity contribution >= 4 is 5.97 Å². The number of hydrogen-bond donors (Lipinski definition) is 2. The lowest BCUT2D eigenvalue weighted by molar-refractivity contribution is -0.142. The van der Waals surface area contributed by atoms with Gasteiger partial charge in [-0.25, -0.2) is 0 Å². The number of carbonyl (C=O) groups is 1. The van der Waals surface area contributed by atoms with Gasteiger partial charge in [0.05, 0.1) is 12.2 Å². The number of nitrogens with zero attached hydrogens (tertiary/aromatic N) is 1. The number of likely N-dealkylation sites (tertiary alicyclic amines) is 1. The summed E-state index contributed by atoms with van der Waals surface area (Å²) in [6, 6.07) is 7.74. The van der Waals surface area contributed by atoms with Gasteiger partial charge in [-0.15, -0.1) is 0 Å². The van der Waals surface area contributed by atoms with Crippen molar-refractivity contribution in [2.24, 2.45) is 0 Å². The second-order valence-corrected chi connectivity index (χ2v) is 6.89. The molecule has 24 heavy (non-hydrogen) atoms. The van der Waals surface area contributed by atoms with E-state index in [1.165, 1.54) is 11.1 Å². The zero-order valence-electron chi connectivity index (χ0n) is 14.2. The van der Waals surface area contributed by atoms with Crippen molar-refractivity contribution in [1.29, 1.82) is 0 Å². The Balaban J connectivity index is 1.70. The van der Waals surface area contributed by atoms with Gasteiger partial charge in [0.15, 0.2) is 0 Å². The molecule has 2 unspecified atom stereocenters. The first-order chi connectivity index (χ1) is 11.6. The fourth-order valence-electron chi connectivity index (χ4n) is 4.24. The van der Waals surface area contributed by atoms with Crippen LogP contribution in [-0.4, -0.2) is 59.0 Å². The summed E-state index contributed by atoms with van der Waals surface area (Å²) in [7, 11) is 0. The fourth-order valence-corrected chi connectivity index (χ4v) is 4.24. The number of carboxylic acid groups (broad SMARTS) is 1. The van der Waals surface area contributed by atoms with Gasteiger partial charge in [-0.3, -0.25) is 9.69 Å². The van der Waals surface area contributed by atoms with Crippen LogP contribution in [0.1, 0.15) is 43.2 Å². The average Bonchev–Trinajstić information content (AvgIpc) is 2.97. The third kappa shape index (κ3) is 3.63. The van der Waals surface area contributed by atoms with Crippen LogP contribution in [-0.2, 0) is 16.0 Å². The molecule has 4 atom stereocenters. The van der Waals surface area contributed by atoms with Gasteiger partial charge in [0, 0.05) is 32.0 Å². The number of hydrogen-bond acceptors (Lipinski definition) is 4. The quantitative estimate of drug-likeness (QED) is 0.834. The maximum atomic E-state index is 11.5. The molecule has 0 amide bonds. The first kappa shape index (κ1) is 17.4. The van der Waals surface area contributed by atoms with Crippen LogP contribution in [0.3, 0.4) is 0 Å². The van der Waals surface area contributed by atoms with E-state index in [1.54, 1.807) is 0 Å². The van der Waals surface area contributed by atoms with E-state index in [2.05, 4.69) is 12.1 Å². The number of aliphatic carboxylic acids is 1. The molecule has 0 bridgehead atoms. The molecular weight excluding hydrogens is 306 g/mol. The normalized spacial score (nSPS) is 28.5. The topological polar surface area (TPSA) is 70.0 Å². The molecule has 5 heteroatoms. The molecule has 1 saturated heterocycles. The summed E-state index contributed by atoms with van der Waals surface area (Å²) in [5.41, 5.74) is 2.54. The smallest absolute Gasteiger partial charge is 0.321 e. The van der Waals surface area contributed by atoms with E-state index in [4.69, 9.17) is 4.74 Å². The number of aliphatic hydroxyl groups excluding tert-OH is 1. The Hall–Kier alpha value is -1.43.